The third-order valence-electron chi connectivity index (χ3n) is 1.74. The second-order valence-electron chi connectivity index (χ2n) is 3.38. The normalized spacial score (nSPS) is 9.85. The Hall–Kier alpha value is -0.510. The van der Waals surface area contributed by atoms with E-state index in [1.807, 2.05) is 39.0 Å². The lowest BCUT2D eigenvalue weighted by Gasteiger charge is -2.04. The van der Waals surface area contributed by atoms with Gasteiger partial charge in [-0.1, -0.05) is 11.6 Å². The topological polar surface area (TPSA) is 20.2 Å². The molecule has 0 spiro atoms. The molecular formula is C11H13IO. The predicted molar refractivity (Wildman–Crippen MR) is 64.9 cm³/mol. The minimum atomic E-state index is 0.390. The molecule has 0 aliphatic carbocycles. The van der Waals surface area contributed by atoms with Crippen molar-refractivity contribution in [3.8, 4) is 5.75 Å². The van der Waals surface area contributed by atoms with Gasteiger partial charge in [-0.2, -0.15) is 0 Å². The van der Waals surface area contributed by atoms with Gasteiger partial charge in [0.15, 0.2) is 0 Å². The molecule has 0 radical (unpaired) electrons. The van der Waals surface area contributed by atoms with Crippen LogP contribution in [-0.4, -0.2) is 5.11 Å². The van der Waals surface area contributed by atoms with Crippen molar-refractivity contribution in [1.82, 2.24) is 0 Å². The van der Waals surface area contributed by atoms with E-state index in [-0.39, 0.29) is 0 Å². The first-order chi connectivity index (χ1) is 6.00. The Morgan fingerprint density at radius 3 is 2.54 bits per heavy atom. The van der Waals surface area contributed by atoms with Gasteiger partial charge in [0.25, 0.3) is 0 Å². The fraction of sp³-hybridized carbons (Fsp3) is 0.273. The summed E-state index contributed by atoms with van der Waals surface area (Å²) in [5, 5.41) is 9.72. The van der Waals surface area contributed by atoms with Crippen LogP contribution in [0.2, 0.25) is 0 Å². The number of aromatic hydroxyl groups is 1. The molecule has 0 atom stereocenters. The summed E-state index contributed by atoms with van der Waals surface area (Å²) < 4.78 is 1.15. The lowest BCUT2D eigenvalue weighted by atomic mass is 10.1. The predicted octanol–water partition coefficient (Wildman–Crippen LogP) is 3.73. The van der Waals surface area contributed by atoms with E-state index in [4.69, 9.17) is 0 Å². The minimum Gasteiger partial charge on any atom is -0.507 e. The van der Waals surface area contributed by atoms with E-state index >= 15 is 0 Å². The van der Waals surface area contributed by atoms with Gasteiger partial charge in [-0.25, -0.2) is 0 Å². The van der Waals surface area contributed by atoms with Gasteiger partial charge < -0.3 is 5.11 Å². The number of rotatable bonds is 1. The van der Waals surface area contributed by atoms with Crippen molar-refractivity contribution in [1.29, 1.82) is 0 Å². The Morgan fingerprint density at radius 1 is 1.38 bits per heavy atom. The quantitative estimate of drug-likeness (QED) is 0.781. The summed E-state index contributed by atoms with van der Waals surface area (Å²) in [5.74, 6) is 0.390. The average Bonchev–Trinajstić information content (AvgIpc) is 1.98. The van der Waals surface area contributed by atoms with E-state index in [1.165, 1.54) is 5.57 Å². The van der Waals surface area contributed by atoms with Crippen LogP contribution in [-0.2, 0) is 0 Å². The maximum absolute atomic E-state index is 9.72. The summed E-state index contributed by atoms with van der Waals surface area (Å²) in [6.07, 6.45) is 1.99. The summed E-state index contributed by atoms with van der Waals surface area (Å²) in [6.45, 7) is 5.96. The van der Waals surface area contributed by atoms with Crippen LogP contribution in [0.25, 0.3) is 6.08 Å². The largest absolute Gasteiger partial charge is 0.507 e. The highest BCUT2D eigenvalue weighted by Crippen LogP contribution is 2.26. The molecule has 0 aromatic heterocycles. The molecule has 70 valence electrons. The van der Waals surface area contributed by atoms with Crippen LogP contribution < -0.4 is 0 Å². The standard InChI is InChI=1S/C11H13IO/c1-7(2)4-9-6-10(12)5-8(3)11(9)13/h4-6,13H,1-3H3. The van der Waals surface area contributed by atoms with Crippen LogP contribution in [0.15, 0.2) is 17.7 Å². The summed E-state index contributed by atoms with van der Waals surface area (Å²) in [7, 11) is 0. The highest BCUT2D eigenvalue weighted by atomic mass is 127. The van der Waals surface area contributed by atoms with Crippen molar-refractivity contribution in [2.24, 2.45) is 0 Å². The summed E-state index contributed by atoms with van der Waals surface area (Å²) in [6, 6.07) is 3.95. The van der Waals surface area contributed by atoms with Crippen LogP contribution in [0.5, 0.6) is 5.75 Å². The monoisotopic (exact) mass is 288 g/mol. The molecular weight excluding hydrogens is 275 g/mol. The summed E-state index contributed by atoms with van der Waals surface area (Å²) in [5.41, 5.74) is 3.03. The van der Waals surface area contributed by atoms with Gasteiger partial charge in [-0.15, -0.1) is 0 Å². The molecule has 13 heavy (non-hydrogen) atoms. The van der Waals surface area contributed by atoms with Crippen molar-refractivity contribution in [2.75, 3.05) is 0 Å². The molecule has 0 aliphatic heterocycles. The number of allylic oxidation sites excluding steroid dienone is 1. The molecule has 0 fully saturated rings. The second kappa shape index (κ2) is 4.13. The maximum atomic E-state index is 9.72. The lowest BCUT2D eigenvalue weighted by Crippen LogP contribution is -1.83. The molecule has 1 aromatic carbocycles. The van der Waals surface area contributed by atoms with Gasteiger partial charge in [-0.05, 0) is 61.1 Å². The molecule has 0 saturated carbocycles. The number of hydrogen-bond donors (Lipinski definition) is 1. The lowest BCUT2D eigenvalue weighted by molar-refractivity contribution is 0.469. The Bertz CT molecular complexity index is 349. The van der Waals surface area contributed by atoms with Gasteiger partial charge in [0.2, 0.25) is 0 Å². The molecule has 0 saturated heterocycles. The van der Waals surface area contributed by atoms with Crippen LogP contribution >= 0.6 is 22.6 Å². The van der Waals surface area contributed by atoms with Crippen molar-refractivity contribution in [2.45, 2.75) is 20.8 Å². The third-order valence-corrected chi connectivity index (χ3v) is 2.36. The van der Waals surface area contributed by atoms with Crippen molar-refractivity contribution >= 4 is 28.7 Å². The highest BCUT2D eigenvalue weighted by molar-refractivity contribution is 14.1. The van der Waals surface area contributed by atoms with E-state index in [0.717, 1.165) is 14.7 Å². The van der Waals surface area contributed by atoms with E-state index in [9.17, 15) is 5.11 Å². The molecule has 1 N–H and O–H groups in total. The van der Waals surface area contributed by atoms with Gasteiger partial charge in [0, 0.05) is 9.13 Å². The smallest absolute Gasteiger partial charge is 0.125 e. The molecule has 0 bridgehead atoms. The fourth-order valence-corrected chi connectivity index (χ4v) is 1.99. The van der Waals surface area contributed by atoms with E-state index in [1.54, 1.807) is 0 Å². The summed E-state index contributed by atoms with van der Waals surface area (Å²) >= 11 is 2.25. The van der Waals surface area contributed by atoms with Gasteiger partial charge in [0.1, 0.15) is 5.75 Å². The van der Waals surface area contributed by atoms with E-state index in [0.29, 0.717) is 5.75 Å². The maximum Gasteiger partial charge on any atom is 0.125 e. The molecule has 2 heteroatoms. The van der Waals surface area contributed by atoms with E-state index in [2.05, 4.69) is 22.6 Å². The number of phenols is 1. The summed E-state index contributed by atoms with van der Waals surface area (Å²) in [4.78, 5) is 0. The van der Waals surface area contributed by atoms with Crippen LogP contribution in [0.1, 0.15) is 25.0 Å². The first-order valence-corrected chi connectivity index (χ1v) is 5.22. The van der Waals surface area contributed by atoms with Gasteiger partial charge in [-0.3, -0.25) is 0 Å². The SMILES string of the molecule is CC(C)=Cc1cc(I)cc(C)c1O. The Labute approximate surface area is 92.6 Å². The Balaban J connectivity index is 3.28. The number of phenolic OH excluding ortho intramolecular Hbond substituents is 1. The van der Waals surface area contributed by atoms with Crippen molar-refractivity contribution in [3.63, 3.8) is 0 Å². The van der Waals surface area contributed by atoms with Crippen LogP contribution in [0, 0.1) is 10.5 Å². The Morgan fingerprint density at radius 2 is 2.00 bits per heavy atom. The minimum absolute atomic E-state index is 0.390. The van der Waals surface area contributed by atoms with Crippen molar-refractivity contribution < 1.29 is 5.11 Å². The zero-order chi connectivity index (χ0) is 10.0. The highest BCUT2D eigenvalue weighted by Gasteiger charge is 2.02. The number of hydrogen-bond acceptors (Lipinski definition) is 1. The molecule has 0 unspecified atom stereocenters. The second-order valence-corrected chi connectivity index (χ2v) is 4.63. The van der Waals surface area contributed by atoms with Crippen LogP contribution in [0.4, 0.5) is 0 Å². The zero-order valence-electron chi connectivity index (χ0n) is 8.06. The third kappa shape index (κ3) is 2.72. The molecule has 0 heterocycles. The molecule has 0 amide bonds. The number of halogens is 1. The average molecular weight is 288 g/mol. The molecule has 0 aliphatic rings. The van der Waals surface area contributed by atoms with Crippen molar-refractivity contribution in [3.05, 3.63) is 32.4 Å². The fourth-order valence-electron chi connectivity index (χ4n) is 1.18. The Kier molecular flexibility index (Phi) is 3.36. The first kappa shape index (κ1) is 10.6. The van der Waals surface area contributed by atoms with E-state index < -0.39 is 0 Å². The van der Waals surface area contributed by atoms with Gasteiger partial charge in [0.05, 0.1) is 0 Å². The van der Waals surface area contributed by atoms with Crippen LogP contribution in [0.3, 0.4) is 0 Å². The molecule has 1 aromatic rings. The molecule has 1 rings (SSSR count). The number of benzene rings is 1. The first-order valence-electron chi connectivity index (χ1n) is 4.14. The van der Waals surface area contributed by atoms with Gasteiger partial charge >= 0.3 is 0 Å². The zero-order valence-corrected chi connectivity index (χ0v) is 10.2. The number of aryl methyl sites for hydroxylation is 1. The molecule has 1 nitrogen and oxygen atoms in total.